The molecule has 0 radical (unpaired) electrons. The molecule has 0 aliphatic carbocycles. The molecule has 0 N–H and O–H groups in total. The van der Waals surface area contributed by atoms with Gasteiger partial charge in [0.1, 0.15) is 0 Å². The third-order valence-corrected chi connectivity index (χ3v) is 2.39. The van der Waals surface area contributed by atoms with Gasteiger partial charge in [0, 0.05) is 12.7 Å². The molecule has 1 rings (SSSR count). The van der Waals surface area contributed by atoms with Gasteiger partial charge in [0.15, 0.2) is 0 Å². The van der Waals surface area contributed by atoms with Crippen LogP contribution in [0.1, 0.15) is 25.3 Å². The van der Waals surface area contributed by atoms with Crippen molar-refractivity contribution in [3.05, 3.63) is 29.8 Å². The van der Waals surface area contributed by atoms with Crippen molar-refractivity contribution in [2.45, 2.75) is 26.7 Å². The van der Waals surface area contributed by atoms with Crippen molar-refractivity contribution in [2.75, 3.05) is 18.6 Å². The number of rotatable bonds is 4. The van der Waals surface area contributed by atoms with Crippen molar-refractivity contribution in [1.29, 1.82) is 0 Å². The van der Waals surface area contributed by atoms with Crippen LogP contribution < -0.4 is 4.90 Å². The third kappa shape index (κ3) is 3.57. The van der Waals surface area contributed by atoms with Gasteiger partial charge in [-0.05, 0) is 31.0 Å². The highest BCUT2D eigenvalue weighted by Crippen LogP contribution is 2.15. The average molecular weight is 221 g/mol. The largest absolute Gasteiger partial charge is 0.449 e. The lowest BCUT2D eigenvalue weighted by Gasteiger charge is -2.17. The van der Waals surface area contributed by atoms with Crippen LogP contribution in [0.2, 0.25) is 0 Å². The van der Waals surface area contributed by atoms with Crippen LogP contribution in [0.5, 0.6) is 0 Å². The topological polar surface area (TPSA) is 29.5 Å². The molecule has 0 atom stereocenters. The van der Waals surface area contributed by atoms with Gasteiger partial charge in [0.2, 0.25) is 0 Å². The molecular weight excluding hydrogens is 202 g/mol. The molecule has 0 bridgehead atoms. The number of benzene rings is 1. The fourth-order valence-corrected chi connectivity index (χ4v) is 1.34. The lowest BCUT2D eigenvalue weighted by molar-refractivity contribution is 0.153. The highest BCUT2D eigenvalue weighted by atomic mass is 16.6. The number of carbonyl (C=O) groups excluding carboxylic acids is 1. The molecule has 0 spiro atoms. The second-order valence-corrected chi connectivity index (χ2v) is 3.87. The van der Waals surface area contributed by atoms with E-state index in [1.165, 1.54) is 4.90 Å². The molecular formula is C13H19NO2. The van der Waals surface area contributed by atoms with Crippen molar-refractivity contribution in [2.24, 2.45) is 0 Å². The zero-order valence-electron chi connectivity index (χ0n) is 10.2. The minimum absolute atomic E-state index is 0.293. The zero-order valence-corrected chi connectivity index (χ0v) is 10.2. The number of nitrogens with zero attached hydrogens (tertiary/aromatic N) is 1. The molecule has 3 heteroatoms. The van der Waals surface area contributed by atoms with Gasteiger partial charge < -0.3 is 4.74 Å². The number of aryl methyl sites for hydroxylation is 1. The highest BCUT2D eigenvalue weighted by Gasteiger charge is 2.11. The number of amides is 1. The van der Waals surface area contributed by atoms with Gasteiger partial charge in [-0.3, -0.25) is 4.90 Å². The van der Waals surface area contributed by atoms with Gasteiger partial charge >= 0.3 is 6.09 Å². The standard InChI is InChI=1S/C13H19NO2/c1-4-5-9-16-13(15)14(3)12-8-6-7-11(2)10-12/h6-8,10H,4-5,9H2,1-3H3. The summed E-state index contributed by atoms with van der Waals surface area (Å²) in [7, 11) is 1.73. The SMILES string of the molecule is CCCCOC(=O)N(C)c1cccc(C)c1. The first-order valence-corrected chi connectivity index (χ1v) is 5.62. The lowest BCUT2D eigenvalue weighted by atomic mass is 10.2. The minimum Gasteiger partial charge on any atom is -0.449 e. The van der Waals surface area contributed by atoms with Gasteiger partial charge in [-0.15, -0.1) is 0 Å². The fraction of sp³-hybridized carbons (Fsp3) is 0.462. The number of hydrogen-bond donors (Lipinski definition) is 0. The number of unbranched alkanes of at least 4 members (excludes halogenated alkanes) is 1. The molecule has 0 fully saturated rings. The van der Waals surface area contributed by atoms with Crippen molar-refractivity contribution in [3.8, 4) is 0 Å². The van der Waals surface area contributed by atoms with Crippen LogP contribution in [0.3, 0.4) is 0 Å². The van der Waals surface area contributed by atoms with E-state index in [-0.39, 0.29) is 6.09 Å². The predicted octanol–water partition coefficient (Wildman–Crippen LogP) is 3.37. The summed E-state index contributed by atoms with van der Waals surface area (Å²) >= 11 is 0. The van der Waals surface area contributed by atoms with E-state index in [9.17, 15) is 4.79 Å². The normalized spacial score (nSPS) is 9.94. The van der Waals surface area contributed by atoms with E-state index in [1.807, 2.05) is 31.2 Å². The Balaban J connectivity index is 2.56. The highest BCUT2D eigenvalue weighted by molar-refractivity contribution is 5.86. The van der Waals surface area contributed by atoms with Gasteiger partial charge in [0.05, 0.1) is 6.61 Å². The van der Waals surface area contributed by atoms with E-state index in [0.29, 0.717) is 6.61 Å². The maximum absolute atomic E-state index is 11.6. The number of carbonyl (C=O) groups is 1. The Morgan fingerprint density at radius 3 is 2.81 bits per heavy atom. The summed E-state index contributed by atoms with van der Waals surface area (Å²) < 4.78 is 5.13. The van der Waals surface area contributed by atoms with Crippen molar-refractivity contribution in [3.63, 3.8) is 0 Å². The molecule has 3 nitrogen and oxygen atoms in total. The van der Waals surface area contributed by atoms with E-state index >= 15 is 0 Å². The summed E-state index contributed by atoms with van der Waals surface area (Å²) in [6.45, 7) is 4.56. The zero-order chi connectivity index (χ0) is 12.0. The average Bonchev–Trinajstić information content (AvgIpc) is 2.28. The van der Waals surface area contributed by atoms with Crippen LogP contribution in [-0.2, 0) is 4.74 Å². The van der Waals surface area contributed by atoms with E-state index in [2.05, 4.69) is 6.92 Å². The summed E-state index contributed by atoms with van der Waals surface area (Å²) in [5.74, 6) is 0. The lowest BCUT2D eigenvalue weighted by Crippen LogP contribution is -2.27. The molecule has 0 aliphatic rings. The van der Waals surface area contributed by atoms with Crippen LogP contribution in [0, 0.1) is 6.92 Å². The molecule has 0 saturated heterocycles. The third-order valence-electron chi connectivity index (χ3n) is 2.39. The van der Waals surface area contributed by atoms with Crippen LogP contribution in [-0.4, -0.2) is 19.7 Å². The van der Waals surface area contributed by atoms with Crippen LogP contribution in [0.15, 0.2) is 24.3 Å². The van der Waals surface area contributed by atoms with Crippen molar-refractivity contribution >= 4 is 11.8 Å². The second kappa shape index (κ2) is 6.16. The van der Waals surface area contributed by atoms with Gasteiger partial charge in [-0.1, -0.05) is 25.5 Å². The molecule has 88 valence electrons. The molecule has 0 saturated carbocycles. The first-order valence-electron chi connectivity index (χ1n) is 5.62. The molecule has 0 aliphatic heterocycles. The summed E-state index contributed by atoms with van der Waals surface area (Å²) in [6, 6.07) is 7.79. The molecule has 1 aromatic carbocycles. The predicted molar refractivity (Wildman–Crippen MR) is 65.8 cm³/mol. The monoisotopic (exact) mass is 221 g/mol. The molecule has 1 amide bonds. The van der Waals surface area contributed by atoms with Crippen LogP contribution in [0.25, 0.3) is 0 Å². The Hall–Kier alpha value is -1.51. The maximum Gasteiger partial charge on any atom is 0.414 e. The van der Waals surface area contributed by atoms with Crippen LogP contribution in [0.4, 0.5) is 10.5 Å². The van der Waals surface area contributed by atoms with Gasteiger partial charge in [-0.25, -0.2) is 4.79 Å². The van der Waals surface area contributed by atoms with Gasteiger partial charge in [0.25, 0.3) is 0 Å². The summed E-state index contributed by atoms with van der Waals surface area (Å²) in [6.07, 6.45) is 1.65. The smallest absolute Gasteiger partial charge is 0.414 e. The molecule has 16 heavy (non-hydrogen) atoms. The molecule has 0 aromatic heterocycles. The Morgan fingerprint density at radius 1 is 1.44 bits per heavy atom. The Morgan fingerprint density at radius 2 is 2.19 bits per heavy atom. The summed E-state index contributed by atoms with van der Waals surface area (Å²) in [5.41, 5.74) is 1.99. The van der Waals surface area contributed by atoms with Crippen molar-refractivity contribution in [1.82, 2.24) is 0 Å². The van der Waals surface area contributed by atoms with E-state index in [1.54, 1.807) is 7.05 Å². The van der Waals surface area contributed by atoms with Gasteiger partial charge in [-0.2, -0.15) is 0 Å². The first kappa shape index (κ1) is 12.6. The van der Waals surface area contributed by atoms with Crippen LogP contribution >= 0.6 is 0 Å². The van der Waals surface area contributed by atoms with E-state index < -0.39 is 0 Å². The number of hydrogen-bond acceptors (Lipinski definition) is 2. The summed E-state index contributed by atoms with van der Waals surface area (Å²) in [5, 5.41) is 0. The Labute approximate surface area is 97.0 Å². The number of anilines is 1. The quantitative estimate of drug-likeness (QED) is 0.729. The van der Waals surface area contributed by atoms with E-state index in [0.717, 1.165) is 24.1 Å². The molecule has 1 aromatic rings. The minimum atomic E-state index is -0.293. The molecule has 0 heterocycles. The molecule has 0 unspecified atom stereocenters. The fourth-order valence-electron chi connectivity index (χ4n) is 1.34. The van der Waals surface area contributed by atoms with Crippen molar-refractivity contribution < 1.29 is 9.53 Å². The Bertz CT molecular complexity index is 350. The Kier molecular flexibility index (Phi) is 4.83. The maximum atomic E-state index is 11.6. The number of ether oxygens (including phenoxy) is 1. The summed E-state index contributed by atoms with van der Waals surface area (Å²) in [4.78, 5) is 13.2. The first-order chi connectivity index (χ1) is 7.65. The van der Waals surface area contributed by atoms with E-state index in [4.69, 9.17) is 4.74 Å². The second-order valence-electron chi connectivity index (χ2n) is 3.87.